The van der Waals surface area contributed by atoms with Crippen LogP contribution in [-0.2, 0) is 14.3 Å². The zero-order valence-electron chi connectivity index (χ0n) is 14.3. The molecule has 3 N–H and O–H groups in total. The number of ether oxygens (including phenoxy) is 2. The zero-order chi connectivity index (χ0) is 18.8. The Labute approximate surface area is 144 Å². The van der Waals surface area contributed by atoms with Crippen LogP contribution in [0.3, 0.4) is 0 Å². The second kappa shape index (κ2) is 7.09. The molecule has 2 heterocycles. The van der Waals surface area contributed by atoms with E-state index in [-0.39, 0.29) is 12.5 Å². The van der Waals surface area contributed by atoms with E-state index in [4.69, 9.17) is 21.6 Å². The molecule has 25 heavy (non-hydrogen) atoms. The minimum atomic E-state index is -1.31. The highest BCUT2D eigenvalue weighted by molar-refractivity contribution is 5.75. The van der Waals surface area contributed by atoms with E-state index in [0.717, 1.165) is 0 Å². The van der Waals surface area contributed by atoms with Gasteiger partial charge >= 0.3 is 11.7 Å². The molecule has 0 spiro atoms. The lowest BCUT2D eigenvalue weighted by atomic mass is 10.1. The Morgan fingerprint density at radius 3 is 2.84 bits per heavy atom. The molecule has 0 saturated carbocycles. The Balaban J connectivity index is 2.14. The first-order valence-corrected chi connectivity index (χ1v) is 7.78. The van der Waals surface area contributed by atoms with E-state index in [2.05, 4.69) is 10.9 Å². The van der Waals surface area contributed by atoms with Crippen molar-refractivity contribution in [3.05, 3.63) is 44.8 Å². The number of nitrogens with two attached hydrogens (primary N) is 1. The molecule has 0 aliphatic carbocycles. The third-order valence-corrected chi connectivity index (χ3v) is 3.94. The van der Waals surface area contributed by atoms with Gasteiger partial charge in [0.05, 0.1) is 0 Å². The molecule has 0 unspecified atom stereocenters. The van der Waals surface area contributed by atoms with Crippen molar-refractivity contribution in [2.24, 2.45) is 11.7 Å². The van der Waals surface area contributed by atoms with E-state index < -0.39 is 35.1 Å². The van der Waals surface area contributed by atoms with E-state index >= 15 is 0 Å². The van der Waals surface area contributed by atoms with Crippen molar-refractivity contribution in [2.45, 2.75) is 38.6 Å². The van der Waals surface area contributed by atoms with Crippen LogP contribution in [0.2, 0.25) is 0 Å². The van der Waals surface area contributed by atoms with Gasteiger partial charge in [0.15, 0.2) is 11.8 Å². The summed E-state index contributed by atoms with van der Waals surface area (Å²) in [7, 11) is 0. The predicted octanol–water partition coefficient (Wildman–Crippen LogP) is -0.171. The number of aromatic amines is 1. The van der Waals surface area contributed by atoms with Gasteiger partial charge in [0, 0.05) is 11.8 Å². The molecule has 0 bridgehead atoms. The Hall–Kier alpha value is -2.63. The Bertz CT molecular complexity index is 845. The van der Waals surface area contributed by atoms with Gasteiger partial charge in [-0.3, -0.25) is 19.1 Å². The fraction of sp³-hybridized carbons (Fsp3) is 0.471. The van der Waals surface area contributed by atoms with Gasteiger partial charge in [0.1, 0.15) is 12.6 Å². The first-order chi connectivity index (χ1) is 11.7. The quantitative estimate of drug-likeness (QED) is 0.434. The molecule has 134 valence electrons. The van der Waals surface area contributed by atoms with Crippen molar-refractivity contribution >= 4 is 5.97 Å². The van der Waals surface area contributed by atoms with Crippen LogP contribution in [0.1, 0.15) is 25.6 Å². The summed E-state index contributed by atoms with van der Waals surface area (Å²) in [5, 5.41) is 0. The van der Waals surface area contributed by atoms with Crippen molar-refractivity contribution in [1.29, 1.82) is 0 Å². The molecule has 3 atom stereocenters. The largest absolute Gasteiger partial charge is 0.460 e. The second-order valence-corrected chi connectivity index (χ2v) is 6.26. The van der Waals surface area contributed by atoms with Gasteiger partial charge < -0.3 is 15.2 Å². The van der Waals surface area contributed by atoms with Crippen molar-refractivity contribution in [3.8, 4) is 12.3 Å². The van der Waals surface area contributed by atoms with Crippen LogP contribution in [0, 0.1) is 25.2 Å². The molecular weight excluding hydrogens is 326 g/mol. The number of hydrogen-bond donors (Lipinski definition) is 2. The molecule has 0 saturated heterocycles. The molecule has 0 radical (unpaired) electrons. The molecule has 1 aromatic rings. The number of nitrogens with zero attached hydrogens (tertiary/aromatic N) is 1. The highest BCUT2D eigenvalue weighted by Crippen LogP contribution is 2.29. The molecule has 1 aliphatic heterocycles. The normalized spacial score (nSPS) is 23.4. The van der Waals surface area contributed by atoms with Crippen molar-refractivity contribution < 1.29 is 14.3 Å². The number of esters is 1. The lowest BCUT2D eigenvalue weighted by Gasteiger charge is -2.25. The fourth-order valence-electron chi connectivity index (χ4n) is 2.21. The number of carbonyl (C=O) groups is 1. The average Bonchev–Trinajstić information content (AvgIpc) is 3.00. The maximum atomic E-state index is 11.9. The summed E-state index contributed by atoms with van der Waals surface area (Å²) in [4.78, 5) is 37.5. The highest BCUT2D eigenvalue weighted by Gasteiger charge is 2.37. The summed E-state index contributed by atoms with van der Waals surface area (Å²) in [6, 6.07) is -0.763. The maximum absolute atomic E-state index is 11.9. The van der Waals surface area contributed by atoms with Crippen LogP contribution in [-0.4, -0.2) is 33.8 Å². The lowest BCUT2D eigenvalue weighted by Crippen LogP contribution is -2.41. The molecular formula is C17H21N3O5. The molecule has 0 aromatic carbocycles. The zero-order valence-corrected chi connectivity index (χ0v) is 14.3. The molecule has 1 aromatic heterocycles. The van der Waals surface area contributed by atoms with E-state index in [1.807, 2.05) is 0 Å². The maximum Gasteiger partial charge on any atom is 0.330 e. The summed E-state index contributed by atoms with van der Waals surface area (Å²) in [6.07, 6.45) is 9.19. The van der Waals surface area contributed by atoms with Gasteiger partial charge in [-0.25, -0.2) is 4.79 Å². The van der Waals surface area contributed by atoms with E-state index in [9.17, 15) is 14.4 Å². The summed E-state index contributed by atoms with van der Waals surface area (Å²) in [6.45, 7) is 4.94. The SMILES string of the molecule is C#C[C@@]1(COC(=O)[C@H](N)C(C)C)C=C[C@H](n2cc(C)c(=O)[nH]c2=O)O1. The molecule has 2 rings (SSSR count). The highest BCUT2D eigenvalue weighted by atomic mass is 16.6. The third-order valence-electron chi connectivity index (χ3n) is 3.94. The summed E-state index contributed by atoms with van der Waals surface area (Å²) in [5.74, 6) is 1.77. The monoisotopic (exact) mass is 347 g/mol. The van der Waals surface area contributed by atoms with Crippen LogP contribution in [0.25, 0.3) is 0 Å². The summed E-state index contributed by atoms with van der Waals surface area (Å²) in [5.41, 5.74) is 3.68. The molecule has 1 aliphatic rings. The van der Waals surface area contributed by atoms with Gasteiger partial charge in [-0.2, -0.15) is 0 Å². The van der Waals surface area contributed by atoms with Crippen molar-refractivity contribution in [2.75, 3.05) is 6.61 Å². The number of nitrogens with one attached hydrogen (secondary N) is 1. The van der Waals surface area contributed by atoms with Crippen LogP contribution >= 0.6 is 0 Å². The first kappa shape index (κ1) is 18.7. The molecule has 0 amide bonds. The van der Waals surface area contributed by atoms with Gasteiger partial charge in [0.25, 0.3) is 5.56 Å². The van der Waals surface area contributed by atoms with Gasteiger partial charge in [-0.05, 0) is 25.0 Å². The van der Waals surface area contributed by atoms with Gasteiger partial charge in [-0.15, -0.1) is 6.42 Å². The number of hydrogen-bond acceptors (Lipinski definition) is 6. The Morgan fingerprint density at radius 1 is 1.56 bits per heavy atom. The number of rotatable bonds is 5. The lowest BCUT2D eigenvalue weighted by molar-refractivity contribution is -0.153. The predicted molar refractivity (Wildman–Crippen MR) is 90.7 cm³/mol. The topological polar surface area (TPSA) is 116 Å². The second-order valence-electron chi connectivity index (χ2n) is 6.26. The van der Waals surface area contributed by atoms with Crippen LogP contribution in [0.4, 0.5) is 0 Å². The Morgan fingerprint density at radius 2 is 2.24 bits per heavy atom. The third kappa shape index (κ3) is 3.90. The van der Waals surface area contributed by atoms with Gasteiger partial charge in [-0.1, -0.05) is 19.8 Å². The van der Waals surface area contributed by atoms with E-state index in [1.165, 1.54) is 10.8 Å². The molecule has 0 fully saturated rings. The number of aromatic nitrogens is 2. The standard InChI is InChI=1S/C17H21N3O5/c1-5-17(9-24-15(22)13(18)10(2)3)7-6-12(25-17)20-8-11(4)14(21)19-16(20)23/h1,6-8,10,12-13H,9,18H2,2-4H3,(H,19,21,23)/t12-,13-,17+/m1/s1. The van der Waals surface area contributed by atoms with Crippen molar-refractivity contribution in [1.82, 2.24) is 9.55 Å². The van der Waals surface area contributed by atoms with Gasteiger partial charge in [0.2, 0.25) is 0 Å². The fourth-order valence-corrected chi connectivity index (χ4v) is 2.21. The van der Waals surface area contributed by atoms with Crippen LogP contribution in [0.15, 0.2) is 27.9 Å². The minimum Gasteiger partial charge on any atom is -0.460 e. The average molecular weight is 347 g/mol. The number of terminal acetylenes is 1. The molecule has 8 heteroatoms. The van der Waals surface area contributed by atoms with Crippen LogP contribution in [0.5, 0.6) is 0 Å². The van der Waals surface area contributed by atoms with Crippen LogP contribution < -0.4 is 17.0 Å². The first-order valence-electron chi connectivity index (χ1n) is 7.78. The van der Waals surface area contributed by atoms with E-state index in [0.29, 0.717) is 5.56 Å². The number of H-pyrrole nitrogens is 1. The number of carbonyl (C=O) groups excluding carboxylic acids is 1. The summed E-state index contributed by atoms with van der Waals surface area (Å²) < 4.78 is 12.1. The van der Waals surface area contributed by atoms with E-state index in [1.54, 1.807) is 32.9 Å². The Kier molecular flexibility index (Phi) is 5.30. The summed E-state index contributed by atoms with van der Waals surface area (Å²) >= 11 is 0. The number of aryl methyl sites for hydroxylation is 1. The smallest absolute Gasteiger partial charge is 0.330 e. The molecule has 8 nitrogen and oxygen atoms in total. The van der Waals surface area contributed by atoms with Crippen molar-refractivity contribution in [3.63, 3.8) is 0 Å². The minimum absolute atomic E-state index is 0.0789.